The molecule has 1 aromatic rings. The summed E-state index contributed by atoms with van der Waals surface area (Å²) in [5.74, 6) is 0. The van der Waals surface area contributed by atoms with Crippen LogP contribution in [0.1, 0.15) is 22.3 Å². The van der Waals surface area contributed by atoms with E-state index in [0.717, 1.165) is 13.0 Å². The van der Waals surface area contributed by atoms with Crippen LogP contribution in [0.4, 0.5) is 0 Å². The molecule has 14 heavy (non-hydrogen) atoms. The van der Waals surface area contributed by atoms with E-state index in [4.69, 9.17) is 0 Å². The van der Waals surface area contributed by atoms with Crippen molar-refractivity contribution in [3.8, 4) is 0 Å². The first-order valence-corrected chi connectivity index (χ1v) is 5.22. The third-order valence-electron chi connectivity index (χ3n) is 2.65. The second-order valence-corrected chi connectivity index (χ2v) is 4.43. The highest BCUT2D eigenvalue weighted by atomic mass is 15.0. The van der Waals surface area contributed by atoms with Crippen LogP contribution in [-0.2, 0) is 6.42 Å². The Morgan fingerprint density at radius 1 is 1.00 bits per heavy atom. The quantitative estimate of drug-likeness (QED) is 0.710. The highest BCUT2D eigenvalue weighted by Gasteiger charge is 2.03. The highest BCUT2D eigenvalue weighted by molar-refractivity contribution is 5.37. The molecule has 0 bridgehead atoms. The molecule has 1 aromatic carbocycles. The number of likely N-dealkylation sites (N-methyl/N-ethyl adjacent to an activating group) is 1. The van der Waals surface area contributed by atoms with Crippen molar-refractivity contribution >= 4 is 0 Å². The Morgan fingerprint density at radius 2 is 1.50 bits per heavy atom. The van der Waals surface area contributed by atoms with Crippen molar-refractivity contribution in [2.24, 2.45) is 0 Å². The molecule has 0 saturated carbocycles. The molecule has 0 atom stereocenters. The van der Waals surface area contributed by atoms with Gasteiger partial charge < -0.3 is 4.90 Å². The summed E-state index contributed by atoms with van der Waals surface area (Å²) in [6.45, 7) is 7.72. The molecule has 0 radical (unpaired) electrons. The summed E-state index contributed by atoms with van der Waals surface area (Å²) in [5.41, 5.74) is 5.76. The van der Waals surface area contributed by atoms with Crippen LogP contribution in [0.5, 0.6) is 0 Å². The van der Waals surface area contributed by atoms with Crippen molar-refractivity contribution in [2.75, 3.05) is 20.6 Å². The van der Waals surface area contributed by atoms with Crippen LogP contribution in [0.15, 0.2) is 12.1 Å². The van der Waals surface area contributed by atoms with Gasteiger partial charge in [-0.15, -0.1) is 0 Å². The lowest BCUT2D eigenvalue weighted by atomic mass is 9.97. The van der Waals surface area contributed by atoms with E-state index in [0.29, 0.717) is 0 Å². The molecule has 0 saturated heterocycles. The smallest absolute Gasteiger partial charge is 0.00159 e. The van der Waals surface area contributed by atoms with Crippen LogP contribution in [0.3, 0.4) is 0 Å². The summed E-state index contributed by atoms with van der Waals surface area (Å²) in [7, 11) is 4.25. The summed E-state index contributed by atoms with van der Waals surface area (Å²) in [6.07, 6.45) is 1.16. The van der Waals surface area contributed by atoms with Crippen LogP contribution in [0, 0.1) is 20.8 Å². The monoisotopic (exact) mass is 191 g/mol. The fourth-order valence-corrected chi connectivity index (χ4v) is 1.94. The van der Waals surface area contributed by atoms with Gasteiger partial charge in [0.1, 0.15) is 0 Å². The van der Waals surface area contributed by atoms with Gasteiger partial charge in [-0.25, -0.2) is 0 Å². The zero-order valence-electron chi connectivity index (χ0n) is 10.0. The Balaban J connectivity index is 2.86. The number of aryl methyl sites for hydroxylation is 3. The molecule has 78 valence electrons. The number of rotatable bonds is 3. The summed E-state index contributed by atoms with van der Waals surface area (Å²) < 4.78 is 0. The van der Waals surface area contributed by atoms with Crippen LogP contribution >= 0.6 is 0 Å². The van der Waals surface area contributed by atoms with Crippen molar-refractivity contribution in [3.63, 3.8) is 0 Å². The molecule has 1 rings (SSSR count). The molecule has 0 amide bonds. The van der Waals surface area contributed by atoms with Crippen LogP contribution in [-0.4, -0.2) is 25.5 Å². The van der Waals surface area contributed by atoms with Crippen molar-refractivity contribution in [2.45, 2.75) is 27.2 Å². The van der Waals surface area contributed by atoms with Crippen LogP contribution in [0.2, 0.25) is 0 Å². The Kier molecular flexibility index (Phi) is 3.70. The summed E-state index contributed by atoms with van der Waals surface area (Å²) in [4.78, 5) is 2.23. The van der Waals surface area contributed by atoms with Gasteiger partial charge >= 0.3 is 0 Å². The normalized spacial score (nSPS) is 11.0. The van der Waals surface area contributed by atoms with E-state index in [1.165, 1.54) is 22.3 Å². The maximum absolute atomic E-state index is 2.28. The number of benzene rings is 1. The maximum atomic E-state index is 2.28. The van der Waals surface area contributed by atoms with Gasteiger partial charge in [0, 0.05) is 6.54 Å². The largest absolute Gasteiger partial charge is 0.309 e. The van der Waals surface area contributed by atoms with E-state index in [-0.39, 0.29) is 0 Å². The molecule has 0 aliphatic heterocycles. The van der Waals surface area contributed by atoms with Gasteiger partial charge in [-0.2, -0.15) is 0 Å². The minimum atomic E-state index is 1.13. The molecule has 1 nitrogen and oxygen atoms in total. The lowest BCUT2D eigenvalue weighted by Gasteiger charge is -2.14. The van der Waals surface area contributed by atoms with Gasteiger partial charge in [-0.1, -0.05) is 17.7 Å². The standard InChI is InChI=1S/C13H21N/c1-10-8-11(2)13(12(3)9-10)6-7-14(4)5/h8-9H,6-7H2,1-5H3. The number of nitrogens with zero attached hydrogens (tertiary/aromatic N) is 1. The zero-order valence-corrected chi connectivity index (χ0v) is 10.0. The van der Waals surface area contributed by atoms with Crippen molar-refractivity contribution in [3.05, 3.63) is 34.4 Å². The molecule has 0 N–H and O–H groups in total. The van der Waals surface area contributed by atoms with E-state index in [9.17, 15) is 0 Å². The average Bonchev–Trinajstić information content (AvgIpc) is 2.01. The second kappa shape index (κ2) is 4.61. The van der Waals surface area contributed by atoms with Gasteiger partial charge in [0.2, 0.25) is 0 Å². The molecule has 0 fully saturated rings. The van der Waals surface area contributed by atoms with Crippen LogP contribution in [0.25, 0.3) is 0 Å². The Labute approximate surface area is 87.7 Å². The molecule has 0 spiro atoms. The first kappa shape index (κ1) is 11.3. The van der Waals surface area contributed by atoms with E-state index >= 15 is 0 Å². The minimum Gasteiger partial charge on any atom is -0.309 e. The van der Waals surface area contributed by atoms with E-state index in [2.05, 4.69) is 51.9 Å². The van der Waals surface area contributed by atoms with Crippen molar-refractivity contribution in [1.29, 1.82) is 0 Å². The van der Waals surface area contributed by atoms with Gasteiger partial charge in [-0.05, 0) is 58.0 Å². The lowest BCUT2D eigenvalue weighted by Crippen LogP contribution is -2.16. The van der Waals surface area contributed by atoms with Gasteiger partial charge in [0.05, 0.1) is 0 Å². The summed E-state index contributed by atoms with van der Waals surface area (Å²) in [5, 5.41) is 0. The molecule has 1 heteroatoms. The second-order valence-electron chi connectivity index (χ2n) is 4.43. The lowest BCUT2D eigenvalue weighted by molar-refractivity contribution is 0.413. The van der Waals surface area contributed by atoms with E-state index < -0.39 is 0 Å². The Bertz CT molecular complexity index is 290. The first-order valence-electron chi connectivity index (χ1n) is 5.22. The molecule has 0 aromatic heterocycles. The molecule has 0 heterocycles. The SMILES string of the molecule is Cc1cc(C)c(CCN(C)C)c(C)c1. The fourth-order valence-electron chi connectivity index (χ4n) is 1.94. The molecule has 0 aliphatic carbocycles. The number of hydrogen-bond donors (Lipinski definition) is 0. The van der Waals surface area contributed by atoms with Gasteiger partial charge in [0.25, 0.3) is 0 Å². The maximum Gasteiger partial charge on any atom is 0.00159 e. The first-order chi connectivity index (χ1) is 6.50. The third kappa shape index (κ3) is 2.85. The predicted molar refractivity (Wildman–Crippen MR) is 62.9 cm³/mol. The average molecular weight is 191 g/mol. The van der Waals surface area contributed by atoms with Crippen LogP contribution < -0.4 is 0 Å². The minimum absolute atomic E-state index is 1.13. The van der Waals surface area contributed by atoms with Gasteiger partial charge in [0.15, 0.2) is 0 Å². The van der Waals surface area contributed by atoms with E-state index in [1.54, 1.807) is 0 Å². The Hall–Kier alpha value is -0.820. The molecule has 0 aliphatic rings. The summed E-state index contributed by atoms with van der Waals surface area (Å²) >= 11 is 0. The topological polar surface area (TPSA) is 3.24 Å². The zero-order chi connectivity index (χ0) is 10.7. The summed E-state index contributed by atoms with van der Waals surface area (Å²) in [6, 6.07) is 4.55. The van der Waals surface area contributed by atoms with Crippen molar-refractivity contribution < 1.29 is 0 Å². The third-order valence-corrected chi connectivity index (χ3v) is 2.65. The van der Waals surface area contributed by atoms with Gasteiger partial charge in [-0.3, -0.25) is 0 Å². The highest BCUT2D eigenvalue weighted by Crippen LogP contribution is 2.16. The predicted octanol–water partition coefficient (Wildman–Crippen LogP) is 2.72. The molecular formula is C13H21N. The number of hydrogen-bond acceptors (Lipinski definition) is 1. The molecule has 0 unspecified atom stereocenters. The van der Waals surface area contributed by atoms with Crippen molar-refractivity contribution in [1.82, 2.24) is 4.90 Å². The Morgan fingerprint density at radius 3 is 1.93 bits per heavy atom. The fraction of sp³-hybridized carbons (Fsp3) is 0.538. The molecular weight excluding hydrogens is 170 g/mol. The van der Waals surface area contributed by atoms with E-state index in [1.807, 2.05) is 0 Å².